The third-order valence-electron chi connectivity index (χ3n) is 6.08. The molecule has 6 heteroatoms. The van der Waals surface area contributed by atoms with Crippen molar-refractivity contribution in [3.05, 3.63) is 71.9 Å². The number of hydrogen-bond donors (Lipinski definition) is 1. The molecule has 0 saturated carbocycles. The number of para-hydroxylation sites is 1. The van der Waals surface area contributed by atoms with Gasteiger partial charge in [-0.05, 0) is 49.5 Å². The molecule has 1 aliphatic rings. The Morgan fingerprint density at radius 2 is 1.78 bits per heavy atom. The van der Waals surface area contributed by atoms with Crippen LogP contribution in [0.25, 0.3) is 17.0 Å². The van der Waals surface area contributed by atoms with Crippen LogP contribution in [0.15, 0.2) is 60.8 Å². The van der Waals surface area contributed by atoms with Crippen LogP contribution in [0.5, 0.6) is 5.75 Å². The van der Waals surface area contributed by atoms with Gasteiger partial charge in [-0.3, -0.25) is 9.69 Å². The quantitative estimate of drug-likeness (QED) is 0.437. The molecule has 1 aliphatic heterocycles. The second kappa shape index (κ2) is 10.1. The van der Waals surface area contributed by atoms with E-state index < -0.39 is 6.10 Å². The molecule has 32 heavy (non-hydrogen) atoms. The first kappa shape index (κ1) is 22.3. The lowest BCUT2D eigenvalue weighted by atomic mass is 10.1. The standard InChI is InChI=1S/C26H31N3O3/c1-27-13-15-28(16-14-27)18-22(30)19-29-17-21(24-5-3-4-6-25(24)29)9-12-26(31)20-7-10-23(32-2)11-8-20/h3-12,17,22,30H,13-16,18-19H2,1-2H3/b12-9+/t22-/m0/s1. The van der Waals surface area contributed by atoms with Gasteiger partial charge in [0, 0.05) is 67.5 Å². The zero-order chi connectivity index (χ0) is 22.5. The lowest BCUT2D eigenvalue weighted by Crippen LogP contribution is -2.47. The molecule has 0 unspecified atom stereocenters. The molecule has 2 aromatic carbocycles. The number of rotatable bonds is 8. The summed E-state index contributed by atoms with van der Waals surface area (Å²) in [4.78, 5) is 17.2. The zero-order valence-corrected chi connectivity index (χ0v) is 18.8. The fraction of sp³-hybridized carbons (Fsp3) is 0.346. The van der Waals surface area contributed by atoms with E-state index >= 15 is 0 Å². The number of allylic oxidation sites excluding steroid dienone is 1. The monoisotopic (exact) mass is 433 g/mol. The number of aliphatic hydroxyl groups excluding tert-OH is 1. The minimum Gasteiger partial charge on any atom is -0.497 e. The molecule has 2 heterocycles. The Morgan fingerprint density at radius 3 is 2.50 bits per heavy atom. The molecule has 0 aliphatic carbocycles. The maximum atomic E-state index is 12.6. The van der Waals surface area contributed by atoms with Crippen molar-refractivity contribution in [3.8, 4) is 5.75 Å². The van der Waals surface area contributed by atoms with Gasteiger partial charge >= 0.3 is 0 Å². The molecule has 0 radical (unpaired) electrons. The van der Waals surface area contributed by atoms with E-state index in [0.717, 1.165) is 48.4 Å². The van der Waals surface area contributed by atoms with Gasteiger partial charge in [-0.25, -0.2) is 0 Å². The second-order valence-corrected chi connectivity index (χ2v) is 8.44. The van der Waals surface area contributed by atoms with E-state index in [2.05, 4.69) is 33.5 Å². The lowest BCUT2D eigenvalue weighted by Gasteiger charge is -2.33. The van der Waals surface area contributed by atoms with Gasteiger partial charge in [0.1, 0.15) is 5.75 Å². The summed E-state index contributed by atoms with van der Waals surface area (Å²) in [5.74, 6) is 0.670. The largest absolute Gasteiger partial charge is 0.497 e. The third kappa shape index (κ3) is 5.27. The van der Waals surface area contributed by atoms with Crippen LogP contribution in [-0.4, -0.2) is 78.2 Å². The predicted octanol–water partition coefficient (Wildman–Crippen LogP) is 3.15. The smallest absolute Gasteiger partial charge is 0.185 e. The Bertz CT molecular complexity index is 1080. The van der Waals surface area contributed by atoms with Crippen LogP contribution in [0, 0.1) is 0 Å². The lowest BCUT2D eigenvalue weighted by molar-refractivity contribution is 0.0717. The van der Waals surface area contributed by atoms with Gasteiger partial charge in [0.15, 0.2) is 5.78 Å². The SMILES string of the molecule is COc1ccc(C(=O)/C=C/c2cn(C[C@@H](O)CN3CCN(C)CC3)c3ccccc23)cc1. The van der Waals surface area contributed by atoms with E-state index in [0.29, 0.717) is 18.7 Å². The molecular weight excluding hydrogens is 402 g/mol. The molecule has 168 valence electrons. The first-order chi connectivity index (χ1) is 15.5. The minimum absolute atomic E-state index is 0.0559. The predicted molar refractivity (Wildman–Crippen MR) is 128 cm³/mol. The maximum absolute atomic E-state index is 12.6. The van der Waals surface area contributed by atoms with Crippen molar-refractivity contribution < 1.29 is 14.6 Å². The fourth-order valence-electron chi connectivity index (χ4n) is 4.19. The van der Waals surface area contributed by atoms with Gasteiger partial charge < -0.3 is 19.3 Å². The van der Waals surface area contributed by atoms with Crippen LogP contribution in [0.2, 0.25) is 0 Å². The van der Waals surface area contributed by atoms with Gasteiger partial charge in [0.05, 0.1) is 13.2 Å². The van der Waals surface area contributed by atoms with Crippen LogP contribution in [0.1, 0.15) is 15.9 Å². The van der Waals surface area contributed by atoms with E-state index in [1.165, 1.54) is 0 Å². The molecule has 0 amide bonds. The molecule has 4 rings (SSSR count). The first-order valence-corrected chi connectivity index (χ1v) is 11.1. The third-order valence-corrected chi connectivity index (χ3v) is 6.08. The van der Waals surface area contributed by atoms with Crippen molar-refractivity contribution in [2.45, 2.75) is 12.6 Å². The Hall–Kier alpha value is -2.93. The van der Waals surface area contributed by atoms with Crippen molar-refractivity contribution >= 4 is 22.8 Å². The number of hydrogen-bond acceptors (Lipinski definition) is 5. The number of aliphatic hydroxyl groups is 1. The molecule has 1 N–H and O–H groups in total. The number of nitrogens with zero attached hydrogens (tertiary/aromatic N) is 3. The molecule has 1 fully saturated rings. The number of methoxy groups -OCH3 is 1. The topological polar surface area (TPSA) is 57.9 Å². The Labute approximate surface area is 189 Å². The van der Waals surface area contributed by atoms with E-state index in [4.69, 9.17) is 4.74 Å². The molecule has 1 atom stereocenters. The minimum atomic E-state index is -0.452. The first-order valence-electron chi connectivity index (χ1n) is 11.1. The van der Waals surface area contributed by atoms with Gasteiger partial charge in [-0.1, -0.05) is 18.2 Å². The Kier molecular flexibility index (Phi) is 7.05. The van der Waals surface area contributed by atoms with Gasteiger partial charge in [0.25, 0.3) is 0 Å². The summed E-state index contributed by atoms with van der Waals surface area (Å²) < 4.78 is 7.25. The average molecular weight is 434 g/mol. The van der Waals surface area contributed by atoms with E-state index in [9.17, 15) is 9.90 Å². The van der Waals surface area contributed by atoms with E-state index in [1.807, 2.05) is 24.4 Å². The van der Waals surface area contributed by atoms with E-state index in [-0.39, 0.29) is 5.78 Å². The maximum Gasteiger partial charge on any atom is 0.185 e. The summed E-state index contributed by atoms with van der Waals surface area (Å²) in [6.45, 7) is 5.24. The van der Waals surface area contributed by atoms with Gasteiger partial charge in [-0.2, -0.15) is 0 Å². The number of likely N-dealkylation sites (N-methyl/N-ethyl adjacent to an activating group) is 1. The Balaban J connectivity index is 1.48. The summed E-state index contributed by atoms with van der Waals surface area (Å²) in [5.41, 5.74) is 2.64. The summed E-state index contributed by atoms with van der Waals surface area (Å²) in [7, 11) is 3.74. The number of ether oxygens (including phenoxy) is 1. The van der Waals surface area contributed by atoms with Gasteiger partial charge in [-0.15, -0.1) is 0 Å². The number of carbonyl (C=O) groups is 1. The zero-order valence-electron chi connectivity index (χ0n) is 18.8. The van der Waals surface area contributed by atoms with Crippen molar-refractivity contribution in [2.24, 2.45) is 0 Å². The van der Waals surface area contributed by atoms with Crippen molar-refractivity contribution in [1.82, 2.24) is 14.4 Å². The normalized spacial score (nSPS) is 16.6. The molecular formula is C26H31N3O3. The van der Waals surface area contributed by atoms with Crippen LogP contribution in [0.4, 0.5) is 0 Å². The average Bonchev–Trinajstić information content (AvgIpc) is 3.16. The highest BCUT2D eigenvalue weighted by Gasteiger charge is 2.18. The van der Waals surface area contributed by atoms with Crippen LogP contribution in [-0.2, 0) is 6.54 Å². The summed E-state index contributed by atoms with van der Waals surface area (Å²) in [6, 6.07) is 15.2. The molecule has 0 bridgehead atoms. The van der Waals surface area contributed by atoms with Crippen molar-refractivity contribution in [1.29, 1.82) is 0 Å². The van der Waals surface area contributed by atoms with Crippen molar-refractivity contribution in [2.75, 3.05) is 46.9 Å². The molecule has 0 spiro atoms. The number of β-amino-alcohol motifs (C(OH)–C–C–N with tert-alkyl or cyclic N) is 1. The number of carbonyl (C=O) groups excluding carboxylic acids is 1. The molecule has 1 aromatic heterocycles. The van der Waals surface area contributed by atoms with Gasteiger partial charge in [0.2, 0.25) is 0 Å². The number of fused-ring (bicyclic) bond motifs is 1. The number of aromatic nitrogens is 1. The Morgan fingerprint density at radius 1 is 1.06 bits per heavy atom. The molecule has 6 nitrogen and oxygen atoms in total. The number of ketones is 1. The highest BCUT2D eigenvalue weighted by atomic mass is 16.5. The second-order valence-electron chi connectivity index (χ2n) is 8.44. The summed E-state index contributed by atoms with van der Waals surface area (Å²) in [6.07, 6.45) is 5.04. The fourth-order valence-corrected chi connectivity index (χ4v) is 4.19. The van der Waals surface area contributed by atoms with Crippen LogP contribution in [0.3, 0.4) is 0 Å². The number of benzene rings is 2. The van der Waals surface area contributed by atoms with Crippen LogP contribution < -0.4 is 4.74 Å². The van der Waals surface area contributed by atoms with E-state index in [1.54, 1.807) is 37.5 Å². The number of piperazine rings is 1. The molecule has 3 aromatic rings. The molecule has 1 saturated heterocycles. The highest BCUT2D eigenvalue weighted by Crippen LogP contribution is 2.23. The highest BCUT2D eigenvalue weighted by molar-refractivity contribution is 6.07. The van der Waals surface area contributed by atoms with Crippen molar-refractivity contribution in [3.63, 3.8) is 0 Å². The van der Waals surface area contributed by atoms with Crippen LogP contribution >= 0.6 is 0 Å². The summed E-state index contributed by atoms with van der Waals surface area (Å²) >= 11 is 0. The summed E-state index contributed by atoms with van der Waals surface area (Å²) in [5, 5.41) is 11.8.